The van der Waals surface area contributed by atoms with E-state index in [-0.39, 0.29) is 5.25 Å². The molecule has 1 aromatic carbocycles. The number of benzene rings is 1. The number of thioether (sulfide) groups is 1. The molecule has 0 unspecified atom stereocenters. The van der Waals surface area contributed by atoms with Crippen molar-refractivity contribution >= 4 is 23.1 Å². The second-order valence-corrected chi connectivity index (χ2v) is 8.75. The van der Waals surface area contributed by atoms with Crippen molar-refractivity contribution in [2.75, 3.05) is 6.61 Å². The number of hydrogen-bond donors (Lipinski definition) is 0. The maximum absolute atomic E-state index is 5.58. The number of nitrogens with zero attached hydrogens (tertiary/aromatic N) is 6. The zero-order valence-corrected chi connectivity index (χ0v) is 17.9. The molecule has 29 heavy (non-hydrogen) atoms. The third-order valence-electron chi connectivity index (χ3n) is 4.13. The normalized spacial score (nSPS) is 12.1. The molecule has 0 N–H and O–H groups in total. The molecule has 0 radical (unpaired) electrons. The number of hydrogen-bond acceptors (Lipinski definition) is 8. The van der Waals surface area contributed by atoms with Crippen LogP contribution < -0.4 is 4.74 Å². The van der Waals surface area contributed by atoms with Gasteiger partial charge in [-0.25, -0.2) is 0 Å². The molecule has 4 rings (SSSR count). The molecule has 0 amide bonds. The SMILES string of the molecule is CCOc1ccc(-n2c(S[C@H](C)c3nnc(C)s3)nnc2-c2cccnc2)cc1. The number of aromatic nitrogens is 6. The van der Waals surface area contributed by atoms with Crippen LogP contribution in [0.15, 0.2) is 53.9 Å². The summed E-state index contributed by atoms with van der Waals surface area (Å²) in [4.78, 5) is 4.23. The Balaban J connectivity index is 1.74. The average molecular weight is 425 g/mol. The first-order valence-corrected chi connectivity index (χ1v) is 10.9. The van der Waals surface area contributed by atoms with Crippen LogP contribution in [0, 0.1) is 6.92 Å². The molecule has 9 heteroatoms. The molecule has 0 saturated heterocycles. The summed E-state index contributed by atoms with van der Waals surface area (Å²) in [6.45, 7) is 6.67. The Bertz CT molecular complexity index is 1080. The second kappa shape index (κ2) is 8.71. The number of pyridine rings is 1. The minimum atomic E-state index is 0.105. The lowest BCUT2D eigenvalue weighted by Crippen LogP contribution is -2.01. The summed E-state index contributed by atoms with van der Waals surface area (Å²) < 4.78 is 7.62. The van der Waals surface area contributed by atoms with E-state index in [0.717, 1.165) is 38.0 Å². The van der Waals surface area contributed by atoms with Gasteiger partial charge in [0.05, 0.1) is 11.9 Å². The Morgan fingerprint density at radius 1 is 1.10 bits per heavy atom. The highest BCUT2D eigenvalue weighted by Gasteiger charge is 2.21. The molecule has 0 aliphatic carbocycles. The smallest absolute Gasteiger partial charge is 0.196 e. The van der Waals surface area contributed by atoms with E-state index in [1.165, 1.54) is 0 Å². The van der Waals surface area contributed by atoms with Crippen LogP contribution in [0.5, 0.6) is 5.75 Å². The fraction of sp³-hybridized carbons (Fsp3) is 0.250. The molecule has 3 aromatic heterocycles. The van der Waals surface area contributed by atoms with Gasteiger partial charge in [0.1, 0.15) is 15.8 Å². The van der Waals surface area contributed by atoms with Gasteiger partial charge in [0.2, 0.25) is 0 Å². The zero-order chi connectivity index (χ0) is 20.2. The van der Waals surface area contributed by atoms with Gasteiger partial charge in [0, 0.05) is 23.6 Å². The summed E-state index contributed by atoms with van der Waals surface area (Å²) in [6.07, 6.45) is 3.54. The van der Waals surface area contributed by atoms with Gasteiger partial charge < -0.3 is 4.74 Å². The van der Waals surface area contributed by atoms with Crippen molar-refractivity contribution in [2.24, 2.45) is 0 Å². The summed E-state index contributed by atoms with van der Waals surface area (Å²) in [5.41, 5.74) is 1.86. The largest absolute Gasteiger partial charge is 0.494 e. The van der Waals surface area contributed by atoms with Crippen LogP contribution in [0.1, 0.15) is 29.1 Å². The highest BCUT2D eigenvalue weighted by Crippen LogP contribution is 2.37. The van der Waals surface area contributed by atoms with E-state index < -0.39 is 0 Å². The second-order valence-electron chi connectivity index (χ2n) is 6.23. The van der Waals surface area contributed by atoms with Crippen LogP contribution in [-0.2, 0) is 0 Å². The van der Waals surface area contributed by atoms with Crippen molar-refractivity contribution in [1.29, 1.82) is 0 Å². The molecule has 0 saturated carbocycles. The number of aryl methyl sites for hydroxylation is 1. The molecule has 4 aromatic rings. The first-order chi connectivity index (χ1) is 14.2. The summed E-state index contributed by atoms with van der Waals surface area (Å²) in [5, 5.41) is 20.2. The highest BCUT2D eigenvalue weighted by atomic mass is 32.2. The van der Waals surface area contributed by atoms with Gasteiger partial charge in [-0.2, -0.15) is 0 Å². The van der Waals surface area contributed by atoms with Crippen molar-refractivity contribution in [3.8, 4) is 22.8 Å². The number of ether oxygens (including phenoxy) is 1. The van der Waals surface area contributed by atoms with Crippen LogP contribution in [0.25, 0.3) is 17.1 Å². The Morgan fingerprint density at radius 2 is 1.93 bits per heavy atom. The molecule has 0 bridgehead atoms. The first-order valence-electron chi connectivity index (χ1n) is 9.21. The standard InChI is InChI=1S/C20H20N6OS2/c1-4-27-17-9-7-16(8-10-17)26-18(15-6-5-11-21-12-15)23-25-20(26)28-13(2)19-24-22-14(3)29-19/h5-13H,4H2,1-3H3/t13-/m1/s1. The predicted molar refractivity (Wildman–Crippen MR) is 115 cm³/mol. The summed E-state index contributed by atoms with van der Waals surface area (Å²) >= 11 is 3.21. The van der Waals surface area contributed by atoms with E-state index in [0.29, 0.717) is 6.61 Å². The van der Waals surface area contributed by atoms with E-state index in [1.807, 2.05) is 54.8 Å². The summed E-state index contributed by atoms with van der Waals surface area (Å²) in [5.74, 6) is 1.57. The van der Waals surface area contributed by atoms with Gasteiger partial charge in [-0.05, 0) is 57.2 Å². The van der Waals surface area contributed by atoms with Gasteiger partial charge in [-0.1, -0.05) is 11.8 Å². The van der Waals surface area contributed by atoms with E-state index in [9.17, 15) is 0 Å². The van der Waals surface area contributed by atoms with E-state index in [4.69, 9.17) is 4.74 Å². The third kappa shape index (κ3) is 4.30. The third-order valence-corrected chi connectivity index (χ3v) is 6.35. The molecule has 3 heterocycles. The minimum Gasteiger partial charge on any atom is -0.494 e. The zero-order valence-electron chi connectivity index (χ0n) is 16.3. The maximum atomic E-state index is 5.58. The molecular weight excluding hydrogens is 404 g/mol. The summed E-state index contributed by atoms with van der Waals surface area (Å²) in [6, 6.07) is 11.8. The van der Waals surface area contributed by atoms with E-state index >= 15 is 0 Å². The van der Waals surface area contributed by atoms with Gasteiger partial charge in [0.25, 0.3) is 0 Å². The Labute approximate surface area is 177 Å². The lowest BCUT2D eigenvalue weighted by molar-refractivity contribution is 0.340. The fourth-order valence-electron chi connectivity index (χ4n) is 2.80. The predicted octanol–water partition coefficient (Wildman–Crippen LogP) is 4.74. The van der Waals surface area contributed by atoms with Crippen LogP contribution in [-0.4, -0.2) is 36.6 Å². The lowest BCUT2D eigenvalue weighted by Gasteiger charge is -2.13. The number of rotatable bonds is 7. The van der Waals surface area contributed by atoms with E-state index in [1.54, 1.807) is 35.5 Å². The molecule has 0 aliphatic rings. The Kier molecular flexibility index (Phi) is 5.86. The van der Waals surface area contributed by atoms with Crippen molar-refractivity contribution in [3.63, 3.8) is 0 Å². The first kappa shape index (κ1) is 19.5. The maximum Gasteiger partial charge on any atom is 0.196 e. The van der Waals surface area contributed by atoms with Gasteiger partial charge in [-0.15, -0.1) is 31.7 Å². The van der Waals surface area contributed by atoms with Crippen LogP contribution in [0.2, 0.25) is 0 Å². The minimum absolute atomic E-state index is 0.105. The quantitative estimate of drug-likeness (QED) is 0.396. The van der Waals surface area contributed by atoms with Crippen LogP contribution in [0.3, 0.4) is 0 Å². The van der Waals surface area contributed by atoms with Crippen LogP contribution >= 0.6 is 23.1 Å². The average Bonchev–Trinajstić information content (AvgIpc) is 3.36. The molecule has 0 spiro atoms. The van der Waals surface area contributed by atoms with Crippen molar-refractivity contribution in [3.05, 3.63) is 58.8 Å². The fourth-order valence-corrected chi connectivity index (χ4v) is 4.57. The van der Waals surface area contributed by atoms with Crippen molar-refractivity contribution in [1.82, 2.24) is 29.9 Å². The molecule has 0 aliphatic heterocycles. The van der Waals surface area contributed by atoms with Crippen molar-refractivity contribution in [2.45, 2.75) is 31.2 Å². The van der Waals surface area contributed by atoms with Crippen LogP contribution in [0.4, 0.5) is 0 Å². The van der Waals surface area contributed by atoms with Crippen molar-refractivity contribution < 1.29 is 4.74 Å². The molecule has 148 valence electrons. The van der Waals surface area contributed by atoms with Gasteiger partial charge in [-0.3, -0.25) is 9.55 Å². The van der Waals surface area contributed by atoms with Gasteiger partial charge >= 0.3 is 0 Å². The highest BCUT2D eigenvalue weighted by molar-refractivity contribution is 7.99. The Hall–Kier alpha value is -2.78. The molecule has 7 nitrogen and oxygen atoms in total. The van der Waals surface area contributed by atoms with E-state index in [2.05, 4.69) is 32.3 Å². The molecule has 0 fully saturated rings. The van der Waals surface area contributed by atoms with Gasteiger partial charge in [0.15, 0.2) is 11.0 Å². The Morgan fingerprint density at radius 3 is 2.59 bits per heavy atom. The monoisotopic (exact) mass is 424 g/mol. The topological polar surface area (TPSA) is 78.6 Å². The molecule has 1 atom stereocenters. The molecular formula is C20H20N6OS2. The summed E-state index contributed by atoms with van der Waals surface area (Å²) in [7, 11) is 0. The lowest BCUT2D eigenvalue weighted by atomic mass is 10.2.